The zero-order chi connectivity index (χ0) is 13.8. The minimum Gasteiger partial charge on any atom is -0.480 e. The lowest BCUT2D eigenvalue weighted by Crippen LogP contribution is -2.00. The number of aromatic nitrogens is 3. The van der Waals surface area contributed by atoms with Crippen molar-refractivity contribution < 1.29 is 9.66 Å². The summed E-state index contributed by atoms with van der Waals surface area (Å²) < 4.78 is 7.01. The van der Waals surface area contributed by atoms with Crippen molar-refractivity contribution in [1.82, 2.24) is 15.0 Å². The maximum absolute atomic E-state index is 10.9. The van der Waals surface area contributed by atoms with E-state index in [-0.39, 0.29) is 18.0 Å². The van der Waals surface area contributed by atoms with Gasteiger partial charge in [-0.25, -0.2) is 0 Å². The van der Waals surface area contributed by atoms with Crippen LogP contribution in [0.4, 0.5) is 5.69 Å². The van der Waals surface area contributed by atoms with Crippen LogP contribution in [0.1, 0.15) is 11.3 Å². The van der Waals surface area contributed by atoms with Crippen molar-refractivity contribution in [3.63, 3.8) is 0 Å². The largest absolute Gasteiger partial charge is 0.480 e. The van der Waals surface area contributed by atoms with Crippen LogP contribution in [-0.2, 0) is 19.0 Å². The van der Waals surface area contributed by atoms with Crippen LogP contribution in [0, 0.1) is 10.1 Å². The monoisotopic (exact) mass is 326 g/mol. The first-order valence-electron chi connectivity index (χ1n) is 5.41. The fourth-order valence-electron chi connectivity index (χ4n) is 1.52. The third-order valence-electron chi connectivity index (χ3n) is 2.40. The molecule has 100 valence electrons. The number of nitro groups is 1. The summed E-state index contributed by atoms with van der Waals surface area (Å²) >= 11 is 3.30. The first-order valence-corrected chi connectivity index (χ1v) is 6.53. The van der Waals surface area contributed by atoms with Gasteiger partial charge >= 0.3 is 5.69 Å². The van der Waals surface area contributed by atoms with Gasteiger partial charge in [0.2, 0.25) is 0 Å². The summed E-state index contributed by atoms with van der Waals surface area (Å²) in [6, 6.07) is 4.76. The second-order valence-corrected chi connectivity index (χ2v) is 4.43. The molecule has 19 heavy (non-hydrogen) atoms. The van der Waals surface area contributed by atoms with Gasteiger partial charge in [-0.15, -0.1) is 5.10 Å². The molecular formula is C11H11BrN4O3. The van der Waals surface area contributed by atoms with Crippen LogP contribution in [0.3, 0.4) is 0 Å². The van der Waals surface area contributed by atoms with E-state index in [9.17, 15) is 10.1 Å². The summed E-state index contributed by atoms with van der Waals surface area (Å²) in [6.45, 7) is 0.139. The molecule has 2 rings (SSSR count). The van der Waals surface area contributed by atoms with Crippen molar-refractivity contribution in [2.75, 3.05) is 0 Å². The third-order valence-corrected chi connectivity index (χ3v) is 3.05. The highest BCUT2D eigenvalue weighted by Crippen LogP contribution is 2.29. The van der Waals surface area contributed by atoms with E-state index in [1.165, 1.54) is 6.07 Å². The Morgan fingerprint density at radius 3 is 2.89 bits per heavy atom. The molecule has 0 saturated heterocycles. The highest BCUT2D eigenvalue weighted by molar-refractivity contribution is 9.08. The molecule has 1 aromatic heterocycles. The van der Waals surface area contributed by atoms with Gasteiger partial charge in [0, 0.05) is 18.4 Å². The van der Waals surface area contributed by atoms with Crippen molar-refractivity contribution in [3.8, 4) is 5.75 Å². The molecule has 0 amide bonds. The van der Waals surface area contributed by atoms with E-state index in [0.29, 0.717) is 11.0 Å². The minimum atomic E-state index is -0.468. The molecule has 0 unspecified atom stereocenters. The summed E-state index contributed by atoms with van der Waals surface area (Å²) in [6.07, 6.45) is 1.69. The second kappa shape index (κ2) is 5.79. The molecule has 1 heterocycles. The van der Waals surface area contributed by atoms with E-state index in [0.717, 1.165) is 5.56 Å². The van der Waals surface area contributed by atoms with Crippen LogP contribution in [0.25, 0.3) is 0 Å². The lowest BCUT2D eigenvalue weighted by molar-refractivity contribution is -0.386. The van der Waals surface area contributed by atoms with Crippen LogP contribution in [0.2, 0.25) is 0 Å². The summed E-state index contributed by atoms with van der Waals surface area (Å²) in [5.41, 5.74) is 1.45. The summed E-state index contributed by atoms with van der Waals surface area (Å²) in [5, 5.41) is 19.1. The van der Waals surface area contributed by atoms with Gasteiger partial charge in [0.05, 0.1) is 11.1 Å². The number of hydrogen-bond acceptors (Lipinski definition) is 5. The summed E-state index contributed by atoms with van der Waals surface area (Å²) in [7, 11) is 1.74. The van der Waals surface area contributed by atoms with Crippen molar-refractivity contribution in [3.05, 3.63) is 45.8 Å². The Hall–Kier alpha value is -1.96. The fourth-order valence-corrected chi connectivity index (χ4v) is 1.87. The molecule has 7 nitrogen and oxygen atoms in total. The molecule has 0 spiro atoms. The van der Waals surface area contributed by atoms with E-state index in [4.69, 9.17) is 4.74 Å². The zero-order valence-corrected chi connectivity index (χ0v) is 11.7. The molecule has 0 atom stereocenters. The van der Waals surface area contributed by atoms with Gasteiger partial charge in [0.1, 0.15) is 12.3 Å². The molecule has 0 bridgehead atoms. The topological polar surface area (TPSA) is 83.1 Å². The Labute approximate surface area is 117 Å². The van der Waals surface area contributed by atoms with E-state index in [2.05, 4.69) is 26.2 Å². The van der Waals surface area contributed by atoms with Crippen molar-refractivity contribution in [1.29, 1.82) is 0 Å². The molecule has 0 saturated carbocycles. The average Bonchev–Trinajstić information content (AvgIpc) is 2.81. The molecule has 0 aliphatic carbocycles. The maximum atomic E-state index is 10.9. The summed E-state index contributed by atoms with van der Waals surface area (Å²) in [4.78, 5) is 10.5. The first kappa shape index (κ1) is 13.5. The first-order chi connectivity index (χ1) is 9.10. The van der Waals surface area contributed by atoms with E-state index < -0.39 is 4.92 Å². The van der Waals surface area contributed by atoms with E-state index in [1.807, 2.05) is 0 Å². The van der Waals surface area contributed by atoms with Gasteiger partial charge < -0.3 is 4.74 Å². The van der Waals surface area contributed by atoms with Crippen LogP contribution in [-0.4, -0.2) is 19.9 Å². The number of rotatable bonds is 5. The molecule has 0 radical (unpaired) electrons. The molecule has 1 aromatic carbocycles. The second-order valence-electron chi connectivity index (χ2n) is 3.87. The van der Waals surface area contributed by atoms with Crippen LogP contribution in [0.5, 0.6) is 5.75 Å². The van der Waals surface area contributed by atoms with Crippen LogP contribution >= 0.6 is 15.9 Å². The van der Waals surface area contributed by atoms with Crippen molar-refractivity contribution in [2.45, 2.75) is 11.9 Å². The zero-order valence-electron chi connectivity index (χ0n) is 10.1. The number of nitrogens with zero attached hydrogens (tertiary/aromatic N) is 4. The minimum absolute atomic E-state index is 0.0615. The Morgan fingerprint density at radius 2 is 2.32 bits per heavy atom. The number of aryl methyl sites for hydroxylation is 1. The highest BCUT2D eigenvalue weighted by atomic mass is 79.9. The Balaban J connectivity index is 2.19. The molecule has 8 heteroatoms. The smallest absolute Gasteiger partial charge is 0.310 e. The van der Waals surface area contributed by atoms with Crippen molar-refractivity contribution in [2.24, 2.45) is 7.05 Å². The molecular weight excluding hydrogens is 316 g/mol. The van der Waals surface area contributed by atoms with Crippen molar-refractivity contribution >= 4 is 21.6 Å². The Morgan fingerprint density at radius 1 is 1.53 bits per heavy atom. The Bertz CT molecular complexity index is 599. The highest BCUT2D eigenvalue weighted by Gasteiger charge is 2.16. The normalized spacial score (nSPS) is 10.4. The lowest BCUT2D eigenvalue weighted by atomic mass is 10.2. The molecule has 2 aromatic rings. The van der Waals surface area contributed by atoms with E-state index >= 15 is 0 Å². The van der Waals surface area contributed by atoms with E-state index in [1.54, 1.807) is 30.1 Å². The number of ether oxygens (including phenoxy) is 1. The fraction of sp³-hybridized carbons (Fsp3) is 0.273. The number of hydrogen-bond donors (Lipinski definition) is 0. The molecule has 0 fully saturated rings. The maximum Gasteiger partial charge on any atom is 0.310 e. The number of halogens is 1. The van der Waals surface area contributed by atoms with Gasteiger partial charge in [-0.2, -0.15) is 0 Å². The predicted molar refractivity (Wildman–Crippen MR) is 71.1 cm³/mol. The van der Waals surface area contributed by atoms with Gasteiger partial charge in [-0.05, 0) is 11.6 Å². The molecule has 0 aliphatic heterocycles. The summed E-state index contributed by atoms with van der Waals surface area (Å²) in [5.74, 6) is 0.229. The quantitative estimate of drug-likeness (QED) is 0.478. The Kier molecular flexibility index (Phi) is 4.10. The predicted octanol–water partition coefficient (Wildman–Crippen LogP) is 2.20. The number of alkyl halides is 1. The third kappa shape index (κ3) is 3.28. The average molecular weight is 327 g/mol. The SMILES string of the molecule is Cn1cc(COc2cc(CBr)ccc2[N+](=O)[O-])nn1. The van der Waals surface area contributed by atoms with Crippen LogP contribution in [0.15, 0.2) is 24.4 Å². The molecule has 0 N–H and O–H groups in total. The van der Waals surface area contributed by atoms with Gasteiger partial charge in [-0.1, -0.05) is 27.2 Å². The number of benzene rings is 1. The standard InChI is InChI=1S/C11H11BrN4O3/c1-15-6-9(13-14-15)7-19-11-4-8(5-12)2-3-10(11)16(17)18/h2-4,6H,5,7H2,1H3. The number of nitro benzene ring substituents is 1. The van der Waals surface area contributed by atoms with Crippen LogP contribution < -0.4 is 4.74 Å². The lowest BCUT2D eigenvalue weighted by Gasteiger charge is -2.06. The molecule has 0 aliphatic rings. The van der Waals surface area contributed by atoms with Gasteiger partial charge in [0.15, 0.2) is 5.75 Å². The van der Waals surface area contributed by atoms with Gasteiger partial charge in [0.25, 0.3) is 0 Å². The van der Waals surface area contributed by atoms with Gasteiger partial charge in [-0.3, -0.25) is 14.8 Å².